The summed E-state index contributed by atoms with van der Waals surface area (Å²) in [4.78, 5) is 0. The summed E-state index contributed by atoms with van der Waals surface area (Å²) in [5, 5.41) is 0. The van der Waals surface area contributed by atoms with E-state index < -0.39 is 40.1 Å². The quantitative estimate of drug-likeness (QED) is 0.209. The van der Waals surface area contributed by atoms with E-state index in [9.17, 15) is 0 Å². The molecule has 0 N–H and O–H groups in total. The van der Waals surface area contributed by atoms with Crippen molar-refractivity contribution in [2.24, 2.45) is 0 Å². The maximum Gasteiger partial charge on any atom is 3.00 e. The molecule has 0 unspecified atom stereocenters. The van der Waals surface area contributed by atoms with Gasteiger partial charge in [-0.15, -0.1) is 0 Å². The Morgan fingerprint density at radius 3 is 0.412 bits per heavy atom. The molecule has 12 nitrogen and oxygen atoms in total. The Kier molecular flexibility index (Phi) is 26.7. The number of rotatable bonds is 0. The summed E-state index contributed by atoms with van der Waals surface area (Å²) in [6.07, 6.45) is 0. The third-order valence-electron chi connectivity index (χ3n) is 0. The molecule has 0 aromatic rings. The topological polar surface area (TPSA) is 241 Å². The standard InChI is InChI=1S/3H2O4Se.2Yb/c3*1-5(2,3)4;;/h3*(H2,1,2,3,4);;/q;;;2*+3/p-6. The van der Waals surface area contributed by atoms with E-state index in [1.54, 1.807) is 0 Å². The first-order valence-corrected chi connectivity index (χ1v) is 10.4. The van der Waals surface area contributed by atoms with Crippen LogP contribution >= 0.6 is 0 Å². The smallest absolute Gasteiger partial charge is 3.00 e. The van der Waals surface area contributed by atoms with E-state index in [4.69, 9.17) is 48.1 Å². The van der Waals surface area contributed by atoms with E-state index in [0.717, 1.165) is 0 Å². The van der Waals surface area contributed by atoms with Gasteiger partial charge in [-0.25, -0.2) is 0 Å². The van der Waals surface area contributed by atoms with Gasteiger partial charge in [0.2, 0.25) is 0 Å². The second kappa shape index (κ2) is 14.1. The van der Waals surface area contributed by atoms with Crippen LogP contribution in [0, 0.1) is 93.8 Å². The SMILES string of the molecule is O=[Se](=O)([O-])[O-].O=[Se](=O)([O-])[O-].O=[Se](=O)([O-])[O-].[Yb+3].[Yb+3]. The van der Waals surface area contributed by atoms with Crippen LogP contribution in [0.15, 0.2) is 0 Å². The number of hydrogen-bond donors (Lipinski definition) is 0. The molecule has 0 spiro atoms. The molecular formula is O12Se3Yb2. The van der Waals surface area contributed by atoms with Crippen molar-refractivity contribution < 1.29 is 142 Å². The second-order valence-electron chi connectivity index (χ2n) is 1.22. The van der Waals surface area contributed by atoms with Crippen molar-refractivity contribution in [1.82, 2.24) is 0 Å². The largest absolute Gasteiger partial charge is 3.00 e. The average Bonchev–Trinajstić information content (AvgIpc) is 1.41. The monoisotopic (exact) mass is 780 g/mol. The van der Waals surface area contributed by atoms with Crippen molar-refractivity contribution in [2.45, 2.75) is 0 Å². The van der Waals surface area contributed by atoms with Crippen LogP contribution in [0.3, 0.4) is 0 Å². The fourth-order valence-electron chi connectivity index (χ4n) is 0. The number of hydrogen-bond acceptors (Lipinski definition) is 12. The Hall–Kier alpha value is 3.16. The van der Waals surface area contributed by atoms with E-state index >= 15 is 0 Å². The fourth-order valence-corrected chi connectivity index (χ4v) is 0. The second-order valence-corrected chi connectivity index (χ2v) is 6.36. The zero-order valence-electron chi connectivity index (χ0n) is 6.66. The molecule has 118 valence electrons. The molecule has 17 heavy (non-hydrogen) atoms. The molecule has 0 aliphatic heterocycles. The molecule has 0 aromatic carbocycles. The molecule has 0 bridgehead atoms. The van der Waals surface area contributed by atoms with E-state index in [2.05, 4.69) is 0 Å². The van der Waals surface area contributed by atoms with Gasteiger partial charge in [-0.05, 0) is 0 Å². The molecule has 0 aliphatic rings. The van der Waals surface area contributed by atoms with Crippen molar-refractivity contribution in [1.29, 1.82) is 0 Å². The van der Waals surface area contributed by atoms with Gasteiger partial charge in [0.15, 0.2) is 0 Å². The summed E-state index contributed by atoms with van der Waals surface area (Å²) in [6.45, 7) is 0. The van der Waals surface area contributed by atoms with Gasteiger partial charge in [0, 0.05) is 0 Å². The average molecular weight is 775 g/mol. The molecule has 0 saturated carbocycles. The van der Waals surface area contributed by atoms with Crippen molar-refractivity contribution in [3.8, 4) is 0 Å². The van der Waals surface area contributed by atoms with Crippen LogP contribution < -0.4 is 25.1 Å². The van der Waals surface area contributed by atoms with Gasteiger partial charge in [0.25, 0.3) is 0 Å². The van der Waals surface area contributed by atoms with E-state index in [-0.39, 0.29) is 93.8 Å². The minimum absolute atomic E-state index is 0. The van der Waals surface area contributed by atoms with Crippen LogP contribution in [0.1, 0.15) is 0 Å². The first kappa shape index (κ1) is 32.2. The minimum Gasteiger partial charge on any atom is 3.00 e. The summed E-state index contributed by atoms with van der Waals surface area (Å²) in [5.74, 6) is 0. The summed E-state index contributed by atoms with van der Waals surface area (Å²) in [6, 6.07) is 0. The van der Waals surface area contributed by atoms with E-state index in [0.29, 0.717) is 0 Å². The Morgan fingerprint density at radius 2 is 0.412 bits per heavy atom. The van der Waals surface area contributed by atoms with Gasteiger partial charge in [0.05, 0.1) is 0 Å². The van der Waals surface area contributed by atoms with E-state index in [1.807, 2.05) is 0 Å². The van der Waals surface area contributed by atoms with Gasteiger partial charge >= 0.3 is 182 Å². The van der Waals surface area contributed by atoms with Gasteiger partial charge in [-0.2, -0.15) is 0 Å². The maximum atomic E-state index is 8.59. The third kappa shape index (κ3) is 566. The van der Waals surface area contributed by atoms with Crippen molar-refractivity contribution in [3.05, 3.63) is 0 Å². The van der Waals surface area contributed by atoms with Gasteiger partial charge < -0.3 is 0 Å². The van der Waals surface area contributed by atoms with Crippen molar-refractivity contribution in [2.75, 3.05) is 0 Å². The third-order valence-corrected chi connectivity index (χ3v) is 0. The molecule has 2 radical (unpaired) electrons. The normalized spacial score (nSPS) is 10.2. The van der Waals surface area contributed by atoms with Crippen LogP contribution in [-0.2, 0) is 23.0 Å². The summed E-state index contributed by atoms with van der Waals surface area (Å²) in [7, 11) is 0. The predicted octanol–water partition coefficient (Wildman–Crippen LogP) is -8.99. The zero-order valence-corrected chi connectivity index (χ0v) is 15.2. The summed E-state index contributed by atoms with van der Waals surface area (Å²) in [5.41, 5.74) is 0. The molecule has 17 heteroatoms. The molecule has 0 heterocycles. The minimum atomic E-state index is -5.75. The Labute approximate surface area is 178 Å². The summed E-state index contributed by atoms with van der Waals surface area (Å²) >= 11 is -17.2. The molecule has 0 atom stereocenters. The van der Waals surface area contributed by atoms with Crippen LogP contribution in [0.25, 0.3) is 0 Å². The van der Waals surface area contributed by atoms with Crippen LogP contribution in [-0.4, -0.2) is 40.1 Å². The van der Waals surface area contributed by atoms with Gasteiger partial charge in [-0.3, -0.25) is 0 Å². The van der Waals surface area contributed by atoms with Gasteiger partial charge in [-0.1, -0.05) is 0 Å². The van der Waals surface area contributed by atoms with E-state index in [1.165, 1.54) is 0 Å². The van der Waals surface area contributed by atoms with Crippen molar-refractivity contribution >= 4 is 40.1 Å². The Bertz CT molecular complexity index is 341. The Morgan fingerprint density at radius 1 is 0.412 bits per heavy atom. The molecule has 0 fully saturated rings. The van der Waals surface area contributed by atoms with Gasteiger partial charge in [0.1, 0.15) is 0 Å². The predicted molar refractivity (Wildman–Crippen MR) is 21.4 cm³/mol. The van der Waals surface area contributed by atoms with Crippen molar-refractivity contribution in [3.63, 3.8) is 0 Å². The molecule has 0 aliphatic carbocycles. The molecule has 0 amide bonds. The first-order valence-electron chi connectivity index (χ1n) is 2.00. The first-order chi connectivity index (χ1) is 6.00. The summed E-state index contributed by atoms with van der Waals surface area (Å²) < 4.78 is 103. The van der Waals surface area contributed by atoms with Crippen LogP contribution in [0.2, 0.25) is 0 Å². The molecule has 0 rings (SSSR count). The molecule has 0 saturated heterocycles. The van der Waals surface area contributed by atoms with Crippen LogP contribution in [0.5, 0.6) is 0 Å². The molecule has 0 aromatic heterocycles. The maximum absolute atomic E-state index is 8.59. The fraction of sp³-hybridized carbons (Fsp3) is 0. The molecular weight excluding hydrogens is 775 g/mol. The Balaban J connectivity index is -0.0000000400. The van der Waals surface area contributed by atoms with Crippen LogP contribution in [0.4, 0.5) is 0 Å². The zero-order chi connectivity index (χ0) is 13.5.